The Morgan fingerprint density at radius 1 is 1.07 bits per heavy atom. The molecule has 0 N–H and O–H groups in total. The van der Waals surface area contributed by atoms with Gasteiger partial charge >= 0.3 is 0 Å². The van der Waals surface area contributed by atoms with E-state index in [2.05, 4.69) is 67.3 Å². The number of hydrogen-bond acceptors (Lipinski definition) is 3. The lowest BCUT2D eigenvalue weighted by Crippen LogP contribution is -2.62. The fraction of sp³-hybridized carbons (Fsp3) is 0.458. The van der Waals surface area contributed by atoms with Crippen LogP contribution in [0, 0.1) is 6.92 Å². The molecule has 2 aromatic carbocycles. The number of carbonyl (C=O) groups excluding carboxylic acids is 1. The fourth-order valence-corrected chi connectivity index (χ4v) is 4.23. The average molecular weight is 381 g/mol. The first kappa shape index (κ1) is 20.6. The molecule has 1 fully saturated rings. The van der Waals surface area contributed by atoms with Crippen molar-refractivity contribution >= 4 is 5.91 Å². The molecule has 1 heterocycles. The number of rotatable bonds is 6. The van der Waals surface area contributed by atoms with Gasteiger partial charge in [0.05, 0.1) is 13.2 Å². The lowest BCUT2D eigenvalue weighted by atomic mass is 9.74. The Morgan fingerprint density at radius 3 is 2.25 bits per heavy atom. The van der Waals surface area contributed by atoms with E-state index in [1.54, 1.807) is 0 Å². The second kappa shape index (κ2) is 8.89. The first-order chi connectivity index (χ1) is 13.4. The molecule has 1 aliphatic rings. The van der Waals surface area contributed by atoms with E-state index in [4.69, 9.17) is 4.74 Å². The topological polar surface area (TPSA) is 32.8 Å². The van der Waals surface area contributed by atoms with Crippen molar-refractivity contribution in [1.82, 2.24) is 9.80 Å². The van der Waals surface area contributed by atoms with Crippen LogP contribution < -0.4 is 0 Å². The number of aryl methyl sites for hydroxylation is 1. The molecule has 1 aliphatic heterocycles. The number of likely N-dealkylation sites (N-methyl/N-ethyl adjacent to an activating group) is 1. The predicted molar refractivity (Wildman–Crippen MR) is 114 cm³/mol. The highest BCUT2D eigenvalue weighted by Crippen LogP contribution is 2.37. The summed E-state index contributed by atoms with van der Waals surface area (Å²) in [5, 5.41) is 0. The van der Waals surface area contributed by atoms with Crippen molar-refractivity contribution in [2.45, 2.75) is 31.7 Å². The number of carbonyl (C=O) groups is 1. The SMILES string of the molecule is Cc1ccc(CC(C(=O)N2CCOCC2)(C(C)c2ccccc2)N(C)C)cc1. The van der Waals surface area contributed by atoms with Crippen molar-refractivity contribution in [2.75, 3.05) is 40.4 Å². The van der Waals surface area contributed by atoms with Gasteiger partial charge in [-0.25, -0.2) is 0 Å². The summed E-state index contributed by atoms with van der Waals surface area (Å²) in [5.74, 6) is 0.234. The van der Waals surface area contributed by atoms with Crippen LogP contribution >= 0.6 is 0 Å². The lowest BCUT2D eigenvalue weighted by molar-refractivity contribution is -0.148. The molecule has 2 unspecified atom stereocenters. The lowest BCUT2D eigenvalue weighted by Gasteiger charge is -2.47. The molecule has 0 radical (unpaired) electrons. The molecule has 0 aromatic heterocycles. The van der Waals surface area contributed by atoms with E-state index in [1.807, 2.05) is 25.1 Å². The molecule has 2 atom stereocenters. The van der Waals surface area contributed by atoms with E-state index in [0.29, 0.717) is 32.7 Å². The number of nitrogens with zero attached hydrogens (tertiary/aromatic N) is 2. The smallest absolute Gasteiger partial charge is 0.244 e. The first-order valence-corrected chi connectivity index (χ1v) is 10.1. The number of morpholine rings is 1. The highest BCUT2D eigenvalue weighted by molar-refractivity contribution is 5.88. The Bertz CT molecular complexity index is 767. The van der Waals surface area contributed by atoms with Crippen molar-refractivity contribution in [2.24, 2.45) is 0 Å². The monoisotopic (exact) mass is 380 g/mol. The maximum absolute atomic E-state index is 14.0. The fourth-order valence-electron chi connectivity index (χ4n) is 4.23. The number of ether oxygens (including phenoxy) is 1. The summed E-state index contributed by atoms with van der Waals surface area (Å²) in [5.41, 5.74) is 2.94. The first-order valence-electron chi connectivity index (χ1n) is 10.1. The number of hydrogen-bond donors (Lipinski definition) is 0. The molecular weight excluding hydrogens is 348 g/mol. The minimum atomic E-state index is -0.659. The zero-order valence-electron chi connectivity index (χ0n) is 17.5. The van der Waals surface area contributed by atoms with Crippen molar-refractivity contribution in [3.63, 3.8) is 0 Å². The van der Waals surface area contributed by atoms with Crippen LogP contribution in [0.1, 0.15) is 29.5 Å². The van der Waals surface area contributed by atoms with Crippen molar-refractivity contribution in [1.29, 1.82) is 0 Å². The van der Waals surface area contributed by atoms with Gasteiger partial charge in [0.1, 0.15) is 5.54 Å². The predicted octanol–water partition coefficient (Wildman–Crippen LogP) is 3.50. The molecule has 0 spiro atoms. The molecule has 0 saturated carbocycles. The normalized spacial score (nSPS) is 18.0. The van der Waals surface area contributed by atoms with Gasteiger partial charge in [-0.15, -0.1) is 0 Å². The van der Waals surface area contributed by atoms with E-state index in [9.17, 15) is 4.79 Å². The van der Waals surface area contributed by atoms with Gasteiger partial charge in [0, 0.05) is 25.4 Å². The Morgan fingerprint density at radius 2 is 1.68 bits per heavy atom. The van der Waals surface area contributed by atoms with Gasteiger partial charge in [0.2, 0.25) is 5.91 Å². The van der Waals surface area contributed by atoms with Gasteiger partial charge in [0.15, 0.2) is 0 Å². The van der Waals surface area contributed by atoms with E-state index in [-0.39, 0.29) is 11.8 Å². The summed E-state index contributed by atoms with van der Waals surface area (Å²) < 4.78 is 5.49. The molecule has 1 amide bonds. The Balaban J connectivity index is 2.05. The van der Waals surface area contributed by atoms with Crippen LogP contribution in [0.3, 0.4) is 0 Å². The summed E-state index contributed by atoms with van der Waals surface area (Å²) >= 11 is 0. The summed E-state index contributed by atoms with van der Waals surface area (Å²) in [6.45, 7) is 6.81. The third-order valence-corrected chi connectivity index (χ3v) is 6.08. The maximum Gasteiger partial charge on any atom is 0.244 e. The molecule has 3 rings (SSSR count). The number of amides is 1. The summed E-state index contributed by atoms with van der Waals surface area (Å²) in [6, 6.07) is 18.9. The van der Waals surface area contributed by atoms with Gasteiger partial charge in [-0.3, -0.25) is 9.69 Å². The van der Waals surface area contributed by atoms with Gasteiger partial charge in [-0.1, -0.05) is 67.1 Å². The summed E-state index contributed by atoms with van der Waals surface area (Å²) in [6.07, 6.45) is 0.673. The minimum Gasteiger partial charge on any atom is -0.378 e. The van der Waals surface area contributed by atoms with Crippen molar-refractivity contribution in [3.8, 4) is 0 Å². The van der Waals surface area contributed by atoms with Crippen LogP contribution in [-0.2, 0) is 16.0 Å². The average Bonchev–Trinajstić information content (AvgIpc) is 2.73. The second-order valence-electron chi connectivity index (χ2n) is 8.02. The Kier molecular flexibility index (Phi) is 6.53. The van der Waals surface area contributed by atoms with E-state index < -0.39 is 5.54 Å². The van der Waals surface area contributed by atoms with E-state index in [0.717, 1.165) is 0 Å². The van der Waals surface area contributed by atoms with Gasteiger partial charge in [-0.2, -0.15) is 0 Å². The Hall–Kier alpha value is -2.17. The molecule has 0 aliphatic carbocycles. The van der Waals surface area contributed by atoms with Gasteiger partial charge < -0.3 is 9.64 Å². The molecule has 2 aromatic rings. The Labute approximate surface area is 169 Å². The van der Waals surface area contributed by atoms with Crippen LogP contribution in [0.5, 0.6) is 0 Å². The maximum atomic E-state index is 14.0. The largest absolute Gasteiger partial charge is 0.378 e. The number of benzene rings is 2. The second-order valence-corrected chi connectivity index (χ2v) is 8.02. The van der Waals surface area contributed by atoms with Crippen LogP contribution in [-0.4, -0.2) is 61.6 Å². The molecule has 1 saturated heterocycles. The van der Waals surface area contributed by atoms with E-state index in [1.165, 1.54) is 16.7 Å². The zero-order valence-corrected chi connectivity index (χ0v) is 17.5. The standard InChI is InChI=1S/C24H32N2O2/c1-19-10-12-21(13-11-19)18-24(25(3)4,20(2)22-8-6-5-7-9-22)23(27)26-14-16-28-17-15-26/h5-13,20H,14-18H2,1-4H3. The summed E-state index contributed by atoms with van der Waals surface area (Å²) in [7, 11) is 4.07. The van der Waals surface area contributed by atoms with Crippen molar-refractivity contribution < 1.29 is 9.53 Å². The van der Waals surface area contributed by atoms with Crippen LogP contribution in [0.2, 0.25) is 0 Å². The van der Waals surface area contributed by atoms with Crippen molar-refractivity contribution in [3.05, 3.63) is 71.3 Å². The van der Waals surface area contributed by atoms with Gasteiger partial charge in [-0.05, 0) is 32.1 Å². The highest BCUT2D eigenvalue weighted by atomic mass is 16.5. The quantitative estimate of drug-likeness (QED) is 0.769. The van der Waals surface area contributed by atoms with Crippen LogP contribution in [0.15, 0.2) is 54.6 Å². The molecule has 28 heavy (non-hydrogen) atoms. The third kappa shape index (κ3) is 4.13. The highest BCUT2D eigenvalue weighted by Gasteiger charge is 2.48. The van der Waals surface area contributed by atoms with Gasteiger partial charge in [0.25, 0.3) is 0 Å². The molecular formula is C24H32N2O2. The third-order valence-electron chi connectivity index (χ3n) is 6.08. The van der Waals surface area contributed by atoms with E-state index >= 15 is 0 Å². The molecule has 4 heteroatoms. The summed E-state index contributed by atoms with van der Waals surface area (Å²) in [4.78, 5) is 18.1. The zero-order chi connectivity index (χ0) is 20.1. The molecule has 0 bridgehead atoms. The van der Waals surface area contributed by atoms with Crippen LogP contribution in [0.4, 0.5) is 0 Å². The molecule has 150 valence electrons. The minimum absolute atomic E-state index is 0.0420. The van der Waals surface area contributed by atoms with Crippen LogP contribution in [0.25, 0.3) is 0 Å². The molecule has 4 nitrogen and oxygen atoms in total.